The lowest BCUT2D eigenvalue weighted by atomic mass is 9.84. The van der Waals surface area contributed by atoms with Gasteiger partial charge in [0, 0.05) is 12.6 Å². The van der Waals surface area contributed by atoms with Crippen molar-refractivity contribution in [1.82, 2.24) is 5.32 Å². The van der Waals surface area contributed by atoms with E-state index in [1.165, 1.54) is 5.56 Å². The largest absolute Gasteiger partial charge is 0.396 e. The third kappa shape index (κ3) is 4.01. The van der Waals surface area contributed by atoms with Crippen molar-refractivity contribution in [3.8, 4) is 0 Å². The summed E-state index contributed by atoms with van der Waals surface area (Å²) < 4.78 is 0. The maximum Gasteiger partial charge on any atom is 0.237 e. The number of rotatable bonds is 4. The molecule has 0 saturated heterocycles. The fourth-order valence-corrected chi connectivity index (χ4v) is 3.91. The zero-order valence-corrected chi connectivity index (χ0v) is 13.9. The van der Waals surface area contributed by atoms with Crippen LogP contribution in [0.1, 0.15) is 43.6 Å². The molecule has 2 atom stereocenters. The van der Waals surface area contributed by atoms with Crippen LogP contribution in [0.2, 0.25) is 0 Å². The van der Waals surface area contributed by atoms with Crippen LogP contribution in [0.5, 0.6) is 0 Å². The highest BCUT2D eigenvalue weighted by Crippen LogP contribution is 2.37. The van der Waals surface area contributed by atoms with E-state index in [1.54, 1.807) is 11.8 Å². The van der Waals surface area contributed by atoms with Crippen molar-refractivity contribution in [1.29, 1.82) is 0 Å². The van der Waals surface area contributed by atoms with Gasteiger partial charge in [0.2, 0.25) is 5.91 Å². The Kier molecular flexibility index (Phi) is 5.33. The standard InChI is InChI=1S/C17H25NO2S/c1-17(2,3)14(8-10-19)18-16(20)15-13-7-5-4-6-12(13)9-11-21-15/h4-7,14-15,19H,8-11H2,1-3H3,(H,18,20). The summed E-state index contributed by atoms with van der Waals surface area (Å²) in [7, 11) is 0. The molecule has 1 aromatic carbocycles. The van der Waals surface area contributed by atoms with E-state index in [1.807, 2.05) is 12.1 Å². The first kappa shape index (κ1) is 16.4. The number of amides is 1. The molecule has 1 heterocycles. The van der Waals surface area contributed by atoms with E-state index in [2.05, 4.69) is 38.2 Å². The maximum atomic E-state index is 12.7. The Morgan fingerprint density at radius 2 is 2.14 bits per heavy atom. The van der Waals surface area contributed by atoms with Crippen LogP contribution in [0.3, 0.4) is 0 Å². The molecule has 0 fully saturated rings. The van der Waals surface area contributed by atoms with Crippen molar-refractivity contribution in [3.63, 3.8) is 0 Å². The predicted octanol–water partition coefficient (Wildman–Crippen LogP) is 2.93. The molecule has 1 aliphatic heterocycles. The summed E-state index contributed by atoms with van der Waals surface area (Å²) in [6.07, 6.45) is 1.62. The summed E-state index contributed by atoms with van der Waals surface area (Å²) in [6, 6.07) is 8.20. The van der Waals surface area contributed by atoms with Gasteiger partial charge in [-0.1, -0.05) is 45.0 Å². The number of hydrogen-bond donors (Lipinski definition) is 2. The van der Waals surface area contributed by atoms with Crippen molar-refractivity contribution in [2.75, 3.05) is 12.4 Å². The first-order chi connectivity index (χ1) is 9.93. The van der Waals surface area contributed by atoms with E-state index in [0.717, 1.165) is 17.7 Å². The molecule has 2 N–H and O–H groups in total. The molecule has 2 unspecified atom stereocenters. The lowest BCUT2D eigenvalue weighted by Gasteiger charge is -2.33. The monoisotopic (exact) mass is 307 g/mol. The molecule has 0 saturated carbocycles. The highest BCUT2D eigenvalue weighted by atomic mass is 32.2. The Morgan fingerprint density at radius 1 is 1.43 bits per heavy atom. The molecule has 0 bridgehead atoms. The van der Waals surface area contributed by atoms with Gasteiger partial charge in [0.1, 0.15) is 5.25 Å². The van der Waals surface area contributed by atoms with Gasteiger partial charge in [-0.15, -0.1) is 11.8 Å². The normalized spacial score (nSPS) is 19.7. The number of carbonyl (C=O) groups is 1. The van der Waals surface area contributed by atoms with Gasteiger partial charge >= 0.3 is 0 Å². The molecule has 1 aromatic rings. The maximum absolute atomic E-state index is 12.7. The predicted molar refractivity (Wildman–Crippen MR) is 88.4 cm³/mol. The lowest BCUT2D eigenvalue weighted by molar-refractivity contribution is -0.122. The SMILES string of the molecule is CC(C)(C)C(CCO)NC(=O)C1SCCc2ccccc21. The number of benzene rings is 1. The van der Waals surface area contributed by atoms with Crippen LogP contribution in [0.25, 0.3) is 0 Å². The number of aliphatic hydroxyl groups excluding tert-OH is 1. The molecule has 2 rings (SSSR count). The minimum Gasteiger partial charge on any atom is -0.396 e. The van der Waals surface area contributed by atoms with Gasteiger partial charge < -0.3 is 10.4 Å². The van der Waals surface area contributed by atoms with Gasteiger partial charge in [-0.05, 0) is 35.1 Å². The highest BCUT2D eigenvalue weighted by molar-refractivity contribution is 8.00. The Bertz CT molecular complexity index is 496. The summed E-state index contributed by atoms with van der Waals surface area (Å²) in [6.45, 7) is 6.37. The van der Waals surface area contributed by atoms with Crippen molar-refractivity contribution in [2.45, 2.75) is 44.9 Å². The number of aliphatic hydroxyl groups is 1. The zero-order chi connectivity index (χ0) is 15.5. The number of aryl methyl sites for hydroxylation is 1. The van der Waals surface area contributed by atoms with E-state index in [0.29, 0.717) is 6.42 Å². The second-order valence-corrected chi connectivity index (χ2v) is 7.85. The van der Waals surface area contributed by atoms with E-state index in [9.17, 15) is 9.90 Å². The fraction of sp³-hybridized carbons (Fsp3) is 0.588. The zero-order valence-electron chi connectivity index (χ0n) is 13.1. The molecule has 0 aromatic heterocycles. The molecule has 0 aliphatic carbocycles. The lowest BCUT2D eigenvalue weighted by Crippen LogP contribution is -2.46. The molecule has 21 heavy (non-hydrogen) atoms. The van der Waals surface area contributed by atoms with Crippen LogP contribution >= 0.6 is 11.8 Å². The average molecular weight is 307 g/mol. The number of carbonyl (C=O) groups excluding carboxylic acids is 1. The number of thioether (sulfide) groups is 1. The molecule has 0 spiro atoms. The van der Waals surface area contributed by atoms with Gasteiger partial charge in [0.15, 0.2) is 0 Å². The summed E-state index contributed by atoms with van der Waals surface area (Å²) in [5.74, 6) is 1.05. The van der Waals surface area contributed by atoms with E-state index >= 15 is 0 Å². The summed E-state index contributed by atoms with van der Waals surface area (Å²) in [5.41, 5.74) is 2.37. The summed E-state index contributed by atoms with van der Waals surface area (Å²) >= 11 is 1.71. The van der Waals surface area contributed by atoms with Crippen molar-refractivity contribution in [2.24, 2.45) is 5.41 Å². The Balaban J connectivity index is 2.14. The minimum absolute atomic E-state index is 0.00955. The number of hydrogen-bond acceptors (Lipinski definition) is 3. The third-order valence-electron chi connectivity index (χ3n) is 4.01. The summed E-state index contributed by atoms with van der Waals surface area (Å²) in [5, 5.41) is 12.2. The molecule has 0 radical (unpaired) electrons. The Hall–Kier alpha value is -1.00. The van der Waals surface area contributed by atoms with Crippen LogP contribution < -0.4 is 5.32 Å². The van der Waals surface area contributed by atoms with Gasteiger partial charge in [0.25, 0.3) is 0 Å². The van der Waals surface area contributed by atoms with Gasteiger partial charge in [-0.25, -0.2) is 0 Å². The van der Waals surface area contributed by atoms with Crippen LogP contribution in [0.4, 0.5) is 0 Å². The van der Waals surface area contributed by atoms with E-state index in [-0.39, 0.29) is 29.2 Å². The van der Waals surface area contributed by atoms with Gasteiger partial charge in [-0.3, -0.25) is 4.79 Å². The van der Waals surface area contributed by atoms with Crippen LogP contribution in [0, 0.1) is 5.41 Å². The van der Waals surface area contributed by atoms with Gasteiger partial charge in [0.05, 0.1) is 0 Å². The van der Waals surface area contributed by atoms with Crippen LogP contribution in [-0.2, 0) is 11.2 Å². The first-order valence-corrected chi connectivity index (χ1v) is 8.59. The topological polar surface area (TPSA) is 49.3 Å². The molecular weight excluding hydrogens is 282 g/mol. The molecular formula is C17H25NO2S. The van der Waals surface area contributed by atoms with Crippen LogP contribution in [-0.4, -0.2) is 29.4 Å². The molecule has 1 aliphatic rings. The molecule has 3 nitrogen and oxygen atoms in total. The second kappa shape index (κ2) is 6.84. The molecule has 116 valence electrons. The third-order valence-corrected chi connectivity index (χ3v) is 5.25. The Morgan fingerprint density at radius 3 is 2.81 bits per heavy atom. The van der Waals surface area contributed by atoms with E-state index in [4.69, 9.17) is 0 Å². The average Bonchev–Trinajstić information content (AvgIpc) is 2.45. The Labute approximate surface area is 131 Å². The second-order valence-electron chi connectivity index (χ2n) is 6.64. The first-order valence-electron chi connectivity index (χ1n) is 7.54. The van der Waals surface area contributed by atoms with E-state index < -0.39 is 0 Å². The molecule has 4 heteroatoms. The molecule has 1 amide bonds. The smallest absolute Gasteiger partial charge is 0.237 e. The fourth-order valence-electron chi connectivity index (χ4n) is 2.71. The highest BCUT2D eigenvalue weighted by Gasteiger charge is 2.31. The van der Waals surface area contributed by atoms with Gasteiger partial charge in [-0.2, -0.15) is 0 Å². The van der Waals surface area contributed by atoms with Crippen molar-refractivity contribution < 1.29 is 9.90 Å². The minimum atomic E-state index is -0.126. The van der Waals surface area contributed by atoms with Crippen molar-refractivity contribution >= 4 is 17.7 Å². The quantitative estimate of drug-likeness (QED) is 0.899. The van der Waals surface area contributed by atoms with Crippen LogP contribution in [0.15, 0.2) is 24.3 Å². The number of nitrogens with one attached hydrogen (secondary N) is 1. The summed E-state index contributed by atoms with van der Waals surface area (Å²) in [4.78, 5) is 12.7. The number of fused-ring (bicyclic) bond motifs is 1. The van der Waals surface area contributed by atoms with Crippen molar-refractivity contribution in [3.05, 3.63) is 35.4 Å².